The monoisotopic (exact) mass is 205 g/mol. The Kier molecular flexibility index (Phi) is 4.36. The lowest BCUT2D eigenvalue weighted by Crippen LogP contribution is -2.15. The fraction of sp³-hybridized carbons (Fsp3) is 0.667. The van der Waals surface area contributed by atoms with Crippen molar-refractivity contribution in [1.82, 2.24) is 9.55 Å². The number of fused-ring (bicyclic) bond motifs is 1. The molecule has 0 spiro atoms. The van der Waals surface area contributed by atoms with Crippen LogP contribution >= 0.6 is 0 Å². The lowest BCUT2D eigenvalue weighted by molar-refractivity contribution is 0.477. The number of nitriles is 1. The zero-order valence-corrected chi connectivity index (χ0v) is 9.82. The zero-order chi connectivity index (χ0) is 11.3. The van der Waals surface area contributed by atoms with Gasteiger partial charge in [0.2, 0.25) is 0 Å². The average molecular weight is 205 g/mol. The third-order valence-corrected chi connectivity index (χ3v) is 2.48. The molecule has 0 amide bonds. The highest BCUT2D eigenvalue weighted by molar-refractivity contribution is 5.16. The van der Waals surface area contributed by atoms with E-state index < -0.39 is 0 Å². The van der Waals surface area contributed by atoms with Crippen LogP contribution in [-0.4, -0.2) is 9.55 Å². The Hall–Kier alpha value is -1.30. The van der Waals surface area contributed by atoms with Crippen LogP contribution in [0.4, 0.5) is 0 Å². The van der Waals surface area contributed by atoms with Gasteiger partial charge in [0.15, 0.2) is 0 Å². The molecule has 1 aromatic rings. The predicted molar refractivity (Wildman–Crippen MR) is 60.5 cm³/mol. The van der Waals surface area contributed by atoms with Crippen LogP contribution in [0.15, 0.2) is 6.33 Å². The lowest BCUT2D eigenvalue weighted by atomic mass is 10.0. The van der Waals surface area contributed by atoms with Gasteiger partial charge in [-0.05, 0) is 26.2 Å². The minimum Gasteiger partial charge on any atom is -0.318 e. The second kappa shape index (κ2) is 5.55. The van der Waals surface area contributed by atoms with Crippen molar-refractivity contribution in [2.75, 3.05) is 0 Å². The largest absolute Gasteiger partial charge is 0.318 e. The number of rotatable bonds is 0. The molecule has 0 N–H and O–H groups in total. The molecule has 1 aliphatic heterocycles. The van der Waals surface area contributed by atoms with Gasteiger partial charge >= 0.3 is 0 Å². The molecule has 1 aliphatic rings. The first kappa shape index (κ1) is 11.8. The molecule has 0 saturated heterocycles. The smallest absolute Gasteiger partial charge is 0.122 e. The van der Waals surface area contributed by atoms with Gasteiger partial charge in [0.25, 0.3) is 0 Å². The van der Waals surface area contributed by atoms with Gasteiger partial charge in [-0.2, -0.15) is 5.26 Å². The van der Waals surface area contributed by atoms with E-state index in [0.29, 0.717) is 0 Å². The Balaban J connectivity index is 0.000000337. The number of imidazole rings is 1. The van der Waals surface area contributed by atoms with Crippen molar-refractivity contribution in [2.45, 2.75) is 52.5 Å². The van der Waals surface area contributed by atoms with Crippen molar-refractivity contribution in [3.63, 3.8) is 0 Å². The van der Waals surface area contributed by atoms with Gasteiger partial charge in [-0.15, -0.1) is 0 Å². The molecule has 2 heterocycles. The molecule has 0 saturated carbocycles. The number of aromatic nitrogens is 2. The summed E-state index contributed by atoms with van der Waals surface area (Å²) >= 11 is 0. The molecule has 0 aliphatic carbocycles. The summed E-state index contributed by atoms with van der Waals surface area (Å²) in [4.78, 5) is 4.21. The third kappa shape index (κ3) is 2.59. The van der Waals surface area contributed by atoms with E-state index in [1.807, 2.05) is 11.5 Å². The molecule has 1 aromatic heterocycles. The minimum atomic E-state index is 0.0231. The van der Waals surface area contributed by atoms with Gasteiger partial charge in [-0.1, -0.05) is 20.3 Å². The highest BCUT2D eigenvalue weighted by atomic mass is 15.1. The number of hydrogen-bond acceptors (Lipinski definition) is 2. The maximum absolute atomic E-state index is 8.85. The standard InChI is InChI=1S/C9H11N3.C3H8/c1-7-9-4-2-3-8(5-10)12(9)6-11-7;1-3-2/h6,8H,2-4H2,1H3;3H2,1-2H3. The molecule has 15 heavy (non-hydrogen) atoms. The predicted octanol–water partition coefficient (Wildman–Crippen LogP) is 3.01. The summed E-state index contributed by atoms with van der Waals surface area (Å²) in [5, 5.41) is 8.85. The average Bonchev–Trinajstić information content (AvgIpc) is 2.62. The van der Waals surface area contributed by atoms with E-state index in [2.05, 4.69) is 24.9 Å². The van der Waals surface area contributed by atoms with E-state index in [4.69, 9.17) is 5.26 Å². The maximum Gasteiger partial charge on any atom is 0.122 e. The first-order valence-corrected chi connectivity index (χ1v) is 5.66. The fourth-order valence-electron chi connectivity index (χ4n) is 1.79. The summed E-state index contributed by atoms with van der Waals surface area (Å²) in [6, 6.07) is 2.32. The summed E-state index contributed by atoms with van der Waals surface area (Å²) in [6.07, 6.45) is 6.20. The Bertz CT molecular complexity index is 346. The summed E-state index contributed by atoms with van der Waals surface area (Å²) in [5.41, 5.74) is 2.32. The van der Waals surface area contributed by atoms with Crippen molar-refractivity contribution in [1.29, 1.82) is 5.26 Å². The highest BCUT2D eigenvalue weighted by Crippen LogP contribution is 2.25. The van der Waals surface area contributed by atoms with Gasteiger partial charge < -0.3 is 4.57 Å². The van der Waals surface area contributed by atoms with Crippen molar-refractivity contribution >= 4 is 0 Å². The van der Waals surface area contributed by atoms with Crippen LogP contribution in [0.25, 0.3) is 0 Å². The Morgan fingerprint density at radius 3 is 2.87 bits per heavy atom. The first-order chi connectivity index (χ1) is 7.24. The number of nitrogens with zero attached hydrogens (tertiary/aromatic N) is 3. The van der Waals surface area contributed by atoms with Crippen molar-refractivity contribution < 1.29 is 0 Å². The molecule has 0 aromatic carbocycles. The van der Waals surface area contributed by atoms with Crippen LogP contribution in [0.1, 0.15) is 50.5 Å². The van der Waals surface area contributed by atoms with Crippen LogP contribution < -0.4 is 0 Å². The fourth-order valence-corrected chi connectivity index (χ4v) is 1.79. The quantitative estimate of drug-likeness (QED) is 0.653. The van der Waals surface area contributed by atoms with Gasteiger partial charge in [0.05, 0.1) is 18.1 Å². The van der Waals surface area contributed by atoms with Crippen LogP contribution in [0.2, 0.25) is 0 Å². The van der Waals surface area contributed by atoms with Gasteiger partial charge in [0.1, 0.15) is 6.04 Å². The summed E-state index contributed by atoms with van der Waals surface area (Å²) < 4.78 is 2.01. The molecule has 82 valence electrons. The summed E-state index contributed by atoms with van der Waals surface area (Å²) in [6.45, 7) is 6.26. The Morgan fingerprint density at radius 2 is 2.27 bits per heavy atom. The molecule has 0 fully saturated rings. The van der Waals surface area contributed by atoms with Crippen LogP contribution in [0, 0.1) is 18.3 Å². The molecule has 0 bridgehead atoms. The molecule has 1 unspecified atom stereocenters. The normalized spacial score (nSPS) is 18.4. The topological polar surface area (TPSA) is 41.6 Å². The van der Waals surface area contributed by atoms with Crippen LogP contribution in [0.5, 0.6) is 0 Å². The van der Waals surface area contributed by atoms with Crippen molar-refractivity contribution in [2.24, 2.45) is 0 Å². The lowest BCUT2D eigenvalue weighted by Gasteiger charge is -2.19. The van der Waals surface area contributed by atoms with Crippen molar-refractivity contribution in [3.05, 3.63) is 17.7 Å². The van der Waals surface area contributed by atoms with E-state index in [-0.39, 0.29) is 6.04 Å². The molecule has 3 nitrogen and oxygen atoms in total. The first-order valence-electron chi connectivity index (χ1n) is 5.66. The van der Waals surface area contributed by atoms with Gasteiger partial charge in [-0.3, -0.25) is 0 Å². The van der Waals surface area contributed by atoms with Gasteiger partial charge in [0, 0.05) is 5.69 Å². The molecule has 3 heteroatoms. The Morgan fingerprint density at radius 1 is 1.60 bits per heavy atom. The minimum absolute atomic E-state index is 0.0231. The Labute approximate surface area is 91.7 Å². The van der Waals surface area contributed by atoms with E-state index in [1.165, 1.54) is 12.1 Å². The molecule has 1 atom stereocenters. The van der Waals surface area contributed by atoms with E-state index in [1.54, 1.807) is 6.33 Å². The number of hydrogen-bond donors (Lipinski definition) is 0. The van der Waals surface area contributed by atoms with Crippen LogP contribution in [0.3, 0.4) is 0 Å². The van der Waals surface area contributed by atoms with Gasteiger partial charge in [-0.25, -0.2) is 4.98 Å². The summed E-state index contributed by atoms with van der Waals surface area (Å²) in [7, 11) is 0. The van der Waals surface area contributed by atoms with E-state index >= 15 is 0 Å². The second-order valence-corrected chi connectivity index (χ2v) is 3.93. The van der Waals surface area contributed by atoms with Crippen molar-refractivity contribution in [3.8, 4) is 6.07 Å². The number of aryl methyl sites for hydroxylation is 1. The summed E-state index contributed by atoms with van der Waals surface area (Å²) in [5.74, 6) is 0. The zero-order valence-electron chi connectivity index (χ0n) is 9.82. The van der Waals surface area contributed by atoms with E-state index in [0.717, 1.165) is 25.0 Å². The molecule has 2 rings (SSSR count). The molecule has 0 radical (unpaired) electrons. The van der Waals surface area contributed by atoms with E-state index in [9.17, 15) is 0 Å². The highest BCUT2D eigenvalue weighted by Gasteiger charge is 2.20. The maximum atomic E-state index is 8.85. The third-order valence-electron chi connectivity index (χ3n) is 2.48. The molecular formula is C12H19N3. The SMILES string of the molecule is CCC.Cc1ncn2c1CCCC2C#N. The second-order valence-electron chi connectivity index (χ2n) is 3.93. The van der Waals surface area contributed by atoms with Crippen LogP contribution in [-0.2, 0) is 6.42 Å². The molecular weight excluding hydrogens is 186 g/mol.